The molecule has 1 aliphatic carbocycles. The van der Waals surface area contributed by atoms with Crippen molar-refractivity contribution < 1.29 is 0 Å². The molecule has 2 aliphatic rings. The third-order valence-corrected chi connectivity index (χ3v) is 12.1. The zero-order valence-electron chi connectivity index (χ0n) is 29.1. The van der Waals surface area contributed by atoms with Crippen molar-refractivity contribution in [2.45, 2.75) is 15.2 Å². The maximum atomic E-state index is 5.19. The van der Waals surface area contributed by atoms with Gasteiger partial charge in [0.05, 0.1) is 5.41 Å². The standard InChI is InChI=1S/C50H31N3S/c1-2-15-33(16-3-1)47-51-48(36-27-26-32-14-4-5-17-34(32)30-36)53-49(52-47)40-21-7-6-18-37(40)35-28-29-44-46(31-35)54-45-25-13-12-24-43(45)50(44)41-22-10-8-19-38(41)39-20-9-11-23-42(39)50/h1-31H. The fourth-order valence-electron chi connectivity index (χ4n) is 8.63. The Kier molecular flexibility index (Phi) is 7.01. The van der Waals surface area contributed by atoms with E-state index < -0.39 is 5.41 Å². The average molecular weight is 706 g/mol. The molecule has 3 nitrogen and oxygen atoms in total. The maximum absolute atomic E-state index is 5.19. The second kappa shape index (κ2) is 12.2. The number of benzene rings is 8. The first kappa shape index (κ1) is 31.0. The normalized spacial score (nSPS) is 13.3. The summed E-state index contributed by atoms with van der Waals surface area (Å²) < 4.78 is 0. The molecule has 0 radical (unpaired) electrons. The van der Waals surface area contributed by atoms with E-state index in [0.29, 0.717) is 17.5 Å². The number of hydrogen-bond acceptors (Lipinski definition) is 4. The Bertz CT molecular complexity index is 2890. The second-order valence-electron chi connectivity index (χ2n) is 13.9. The van der Waals surface area contributed by atoms with E-state index in [1.54, 1.807) is 0 Å². The van der Waals surface area contributed by atoms with Crippen molar-refractivity contribution in [1.82, 2.24) is 15.0 Å². The molecule has 0 amide bonds. The second-order valence-corrected chi connectivity index (χ2v) is 15.0. The third-order valence-electron chi connectivity index (χ3n) is 11.0. The van der Waals surface area contributed by atoms with Gasteiger partial charge in [0.2, 0.25) is 0 Å². The van der Waals surface area contributed by atoms with Crippen molar-refractivity contribution in [1.29, 1.82) is 0 Å². The number of rotatable bonds is 4. The van der Waals surface area contributed by atoms with Gasteiger partial charge in [0.25, 0.3) is 0 Å². The Hall–Kier alpha value is -6.62. The zero-order chi connectivity index (χ0) is 35.6. The predicted molar refractivity (Wildman–Crippen MR) is 221 cm³/mol. The predicted octanol–water partition coefficient (Wildman–Crippen LogP) is 12.5. The highest BCUT2D eigenvalue weighted by atomic mass is 32.2. The van der Waals surface area contributed by atoms with Gasteiger partial charge in [-0.3, -0.25) is 0 Å². The molecule has 8 aromatic carbocycles. The van der Waals surface area contributed by atoms with Crippen LogP contribution < -0.4 is 0 Å². The molecule has 9 aromatic rings. The number of nitrogens with zero attached hydrogens (tertiary/aromatic N) is 3. The molecule has 1 aromatic heterocycles. The summed E-state index contributed by atoms with van der Waals surface area (Å²) in [6, 6.07) is 67.4. The molecule has 0 saturated carbocycles. The fraction of sp³-hybridized carbons (Fsp3) is 0.0200. The maximum Gasteiger partial charge on any atom is 0.164 e. The van der Waals surface area contributed by atoms with E-state index in [9.17, 15) is 0 Å². The Morgan fingerprint density at radius 3 is 1.61 bits per heavy atom. The smallest absolute Gasteiger partial charge is 0.164 e. The zero-order valence-corrected chi connectivity index (χ0v) is 30.0. The van der Waals surface area contributed by atoms with Crippen molar-refractivity contribution in [3.63, 3.8) is 0 Å². The highest BCUT2D eigenvalue weighted by Crippen LogP contribution is 2.62. The van der Waals surface area contributed by atoms with E-state index in [1.807, 2.05) is 30.0 Å². The Morgan fingerprint density at radius 2 is 0.852 bits per heavy atom. The van der Waals surface area contributed by atoms with Crippen molar-refractivity contribution in [3.8, 4) is 56.4 Å². The summed E-state index contributed by atoms with van der Waals surface area (Å²) in [5.74, 6) is 1.95. The van der Waals surface area contributed by atoms with E-state index in [2.05, 4.69) is 170 Å². The molecule has 1 spiro atoms. The van der Waals surface area contributed by atoms with Crippen LogP contribution in [0.25, 0.3) is 67.2 Å². The van der Waals surface area contributed by atoms with Crippen LogP contribution in [0.5, 0.6) is 0 Å². The van der Waals surface area contributed by atoms with Gasteiger partial charge in [-0.2, -0.15) is 0 Å². The monoisotopic (exact) mass is 705 g/mol. The Morgan fingerprint density at radius 1 is 0.315 bits per heavy atom. The van der Waals surface area contributed by atoms with Crippen LogP contribution in [-0.2, 0) is 5.41 Å². The van der Waals surface area contributed by atoms with Crippen LogP contribution in [0.3, 0.4) is 0 Å². The SMILES string of the molecule is c1ccc(-c2nc(-c3ccc4ccccc4c3)nc(-c3ccccc3-c3ccc4c(c3)Sc3ccccc3C43c4ccccc4-c4ccccc43)n2)cc1. The average Bonchev–Trinajstić information content (AvgIpc) is 3.54. The summed E-state index contributed by atoms with van der Waals surface area (Å²) in [6.07, 6.45) is 0. The highest BCUT2D eigenvalue weighted by molar-refractivity contribution is 7.99. The molecular weight excluding hydrogens is 675 g/mol. The van der Waals surface area contributed by atoms with Crippen LogP contribution >= 0.6 is 11.8 Å². The van der Waals surface area contributed by atoms with Gasteiger partial charge in [0.15, 0.2) is 17.5 Å². The molecule has 1 aliphatic heterocycles. The topological polar surface area (TPSA) is 38.7 Å². The molecule has 252 valence electrons. The first-order valence-corrected chi connectivity index (χ1v) is 19.1. The summed E-state index contributed by atoms with van der Waals surface area (Å²) in [4.78, 5) is 17.9. The van der Waals surface area contributed by atoms with Gasteiger partial charge in [-0.15, -0.1) is 0 Å². The number of aromatic nitrogens is 3. The van der Waals surface area contributed by atoms with E-state index in [4.69, 9.17) is 15.0 Å². The Labute approximate surface area is 318 Å². The fourth-order valence-corrected chi connectivity index (χ4v) is 9.86. The summed E-state index contributed by atoms with van der Waals surface area (Å²) in [6.45, 7) is 0. The molecule has 0 unspecified atom stereocenters. The Balaban J connectivity index is 1.10. The van der Waals surface area contributed by atoms with E-state index in [1.165, 1.54) is 48.6 Å². The molecule has 0 bridgehead atoms. The van der Waals surface area contributed by atoms with Crippen LogP contribution in [0.4, 0.5) is 0 Å². The van der Waals surface area contributed by atoms with Crippen molar-refractivity contribution in [2.75, 3.05) is 0 Å². The summed E-state index contributed by atoms with van der Waals surface area (Å²) in [7, 11) is 0. The van der Waals surface area contributed by atoms with E-state index in [0.717, 1.165) is 33.2 Å². The van der Waals surface area contributed by atoms with Gasteiger partial charge >= 0.3 is 0 Å². The molecule has 0 atom stereocenters. The van der Waals surface area contributed by atoms with E-state index in [-0.39, 0.29) is 0 Å². The van der Waals surface area contributed by atoms with Gasteiger partial charge in [-0.25, -0.2) is 15.0 Å². The van der Waals surface area contributed by atoms with E-state index >= 15 is 0 Å². The minimum absolute atomic E-state index is 0.407. The van der Waals surface area contributed by atoms with Crippen LogP contribution in [-0.4, -0.2) is 15.0 Å². The molecule has 54 heavy (non-hydrogen) atoms. The first-order chi connectivity index (χ1) is 26.8. The van der Waals surface area contributed by atoms with Gasteiger partial charge in [0.1, 0.15) is 0 Å². The van der Waals surface area contributed by atoms with Crippen molar-refractivity contribution >= 4 is 22.5 Å². The van der Waals surface area contributed by atoms with Crippen LogP contribution in [0.2, 0.25) is 0 Å². The molecule has 0 N–H and O–H groups in total. The van der Waals surface area contributed by atoms with Gasteiger partial charge in [-0.05, 0) is 73.5 Å². The van der Waals surface area contributed by atoms with Gasteiger partial charge < -0.3 is 0 Å². The van der Waals surface area contributed by atoms with Crippen LogP contribution in [0.1, 0.15) is 22.3 Å². The lowest BCUT2D eigenvalue weighted by atomic mass is 9.67. The van der Waals surface area contributed by atoms with Crippen LogP contribution in [0, 0.1) is 0 Å². The minimum Gasteiger partial charge on any atom is -0.208 e. The number of hydrogen-bond donors (Lipinski definition) is 0. The summed E-state index contributed by atoms with van der Waals surface area (Å²) >= 11 is 1.86. The molecular formula is C50H31N3S. The summed E-state index contributed by atoms with van der Waals surface area (Å²) in [5, 5.41) is 2.33. The minimum atomic E-state index is -0.407. The molecule has 0 saturated heterocycles. The highest BCUT2D eigenvalue weighted by Gasteiger charge is 2.50. The quantitative estimate of drug-likeness (QED) is 0.183. The lowest BCUT2D eigenvalue weighted by Crippen LogP contribution is -2.31. The number of fused-ring (bicyclic) bond motifs is 10. The van der Waals surface area contributed by atoms with Gasteiger partial charge in [-0.1, -0.05) is 182 Å². The molecule has 0 fully saturated rings. The molecule has 11 rings (SSSR count). The molecule has 2 heterocycles. The summed E-state index contributed by atoms with van der Waals surface area (Å²) in [5.41, 5.74) is 12.6. The third kappa shape index (κ3) is 4.67. The lowest BCUT2D eigenvalue weighted by molar-refractivity contribution is 0.722. The van der Waals surface area contributed by atoms with Crippen molar-refractivity contribution in [2.24, 2.45) is 0 Å². The van der Waals surface area contributed by atoms with Gasteiger partial charge in [0, 0.05) is 26.5 Å². The lowest BCUT2D eigenvalue weighted by Gasteiger charge is -2.39. The van der Waals surface area contributed by atoms with Crippen LogP contribution in [0.15, 0.2) is 198 Å². The van der Waals surface area contributed by atoms with Crippen molar-refractivity contribution in [3.05, 3.63) is 210 Å². The first-order valence-electron chi connectivity index (χ1n) is 18.3. The molecule has 4 heteroatoms. The largest absolute Gasteiger partial charge is 0.208 e.